The molecule has 0 radical (unpaired) electrons. The maximum atomic E-state index is 11.9. The molecule has 0 fully saturated rings. The number of hydrogen-bond acceptors (Lipinski definition) is 3. The van der Waals surface area contributed by atoms with Crippen LogP contribution in [0, 0.1) is 0 Å². The van der Waals surface area contributed by atoms with Gasteiger partial charge >= 0.3 is 0 Å². The van der Waals surface area contributed by atoms with Gasteiger partial charge in [-0.3, -0.25) is 4.79 Å². The standard InChI is InChI=1S/C17H16ClNO3/c18-14-3-1-2-12(8-14)5-7-17(20)19-10-13-4-6-15-16(9-13)22-11-21-15/h1-4,6,8-9H,5,7,10-11H2,(H,19,20). The van der Waals surface area contributed by atoms with Crippen molar-refractivity contribution in [2.24, 2.45) is 0 Å². The summed E-state index contributed by atoms with van der Waals surface area (Å²) in [5.41, 5.74) is 2.05. The molecule has 1 heterocycles. The van der Waals surface area contributed by atoms with Gasteiger partial charge < -0.3 is 14.8 Å². The van der Waals surface area contributed by atoms with Crippen molar-refractivity contribution in [3.8, 4) is 11.5 Å². The highest BCUT2D eigenvalue weighted by Crippen LogP contribution is 2.32. The van der Waals surface area contributed by atoms with Crippen molar-refractivity contribution in [1.82, 2.24) is 5.32 Å². The average Bonchev–Trinajstić information content (AvgIpc) is 2.98. The molecule has 1 amide bonds. The summed E-state index contributed by atoms with van der Waals surface area (Å²) >= 11 is 5.93. The first kappa shape index (κ1) is 14.7. The summed E-state index contributed by atoms with van der Waals surface area (Å²) in [5, 5.41) is 3.60. The van der Waals surface area contributed by atoms with Gasteiger partial charge in [-0.15, -0.1) is 0 Å². The van der Waals surface area contributed by atoms with Gasteiger partial charge in [0.25, 0.3) is 0 Å². The fraction of sp³-hybridized carbons (Fsp3) is 0.235. The van der Waals surface area contributed by atoms with Crippen LogP contribution in [0.1, 0.15) is 17.5 Å². The number of amides is 1. The zero-order valence-corrected chi connectivity index (χ0v) is 12.7. The summed E-state index contributed by atoms with van der Waals surface area (Å²) in [6.07, 6.45) is 1.11. The first-order valence-corrected chi connectivity index (χ1v) is 7.48. The maximum Gasteiger partial charge on any atom is 0.231 e. The lowest BCUT2D eigenvalue weighted by atomic mass is 10.1. The second-order valence-electron chi connectivity index (χ2n) is 5.09. The van der Waals surface area contributed by atoms with Crippen LogP contribution >= 0.6 is 11.6 Å². The van der Waals surface area contributed by atoms with Crippen molar-refractivity contribution < 1.29 is 14.3 Å². The van der Waals surface area contributed by atoms with Crippen LogP contribution in [0.4, 0.5) is 0 Å². The van der Waals surface area contributed by atoms with E-state index in [0.29, 0.717) is 24.4 Å². The zero-order valence-electron chi connectivity index (χ0n) is 12.0. The molecule has 3 rings (SSSR count). The molecule has 0 aliphatic carbocycles. The molecular formula is C17H16ClNO3. The predicted molar refractivity (Wildman–Crippen MR) is 84.2 cm³/mol. The molecule has 114 valence electrons. The van der Waals surface area contributed by atoms with Crippen LogP contribution in [0.2, 0.25) is 5.02 Å². The minimum Gasteiger partial charge on any atom is -0.454 e. The Balaban J connectivity index is 1.48. The molecule has 5 heteroatoms. The number of halogens is 1. The number of hydrogen-bond donors (Lipinski definition) is 1. The van der Waals surface area contributed by atoms with Crippen molar-refractivity contribution in [3.63, 3.8) is 0 Å². The van der Waals surface area contributed by atoms with E-state index >= 15 is 0 Å². The topological polar surface area (TPSA) is 47.6 Å². The molecule has 4 nitrogen and oxygen atoms in total. The lowest BCUT2D eigenvalue weighted by Crippen LogP contribution is -2.22. The van der Waals surface area contributed by atoms with Gasteiger partial charge in [0.15, 0.2) is 11.5 Å². The number of aryl methyl sites for hydroxylation is 1. The summed E-state index contributed by atoms with van der Waals surface area (Å²) in [6, 6.07) is 13.2. The average molecular weight is 318 g/mol. The summed E-state index contributed by atoms with van der Waals surface area (Å²) in [4.78, 5) is 11.9. The van der Waals surface area contributed by atoms with E-state index in [0.717, 1.165) is 22.6 Å². The van der Waals surface area contributed by atoms with Gasteiger partial charge in [0, 0.05) is 18.0 Å². The number of carbonyl (C=O) groups is 1. The Kier molecular flexibility index (Phi) is 4.49. The SMILES string of the molecule is O=C(CCc1cccc(Cl)c1)NCc1ccc2c(c1)OCO2. The van der Waals surface area contributed by atoms with Gasteiger partial charge in [0.2, 0.25) is 12.7 Å². The first-order valence-electron chi connectivity index (χ1n) is 7.10. The monoisotopic (exact) mass is 317 g/mol. The second kappa shape index (κ2) is 6.71. The van der Waals surface area contributed by atoms with Crippen LogP contribution in [0.25, 0.3) is 0 Å². The molecule has 0 spiro atoms. The molecule has 0 saturated carbocycles. The van der Waals surface area contributed by atoms with Gasteiger partial charge in [-0.2, -0.15) is 0 Å². The van der Waals surface area contributed by atoms with Crippen molar-refractivity contribution in [3.05, 3.63) is 58.6 Å². The number of carbonyl (C=O) groups excluding carboxylic acids is 1. The second-order valence-corrected chi connectivity index (χ2v) is 5.53. The molecule has 0 atom stereocenters. The maximum absolute atomic E-state index is 11.9. The van der Waals surface area contributed by atoms with Gasteiger partial charge in [-0.25, -0.2) is 0 Å². The van der Waals surface area contributed by atoms with Crippen LogP contribution in [-0.2, 0) is 17.8 Å². The predicted octanol–water partition coefficient (Wildman–Crippen LogP) is 3.32. The highest BCUT2D eigenvalue weighted by molar-refractivity contribution is 6.30. The highest BCUT2D eigenvalue weighted by atomic mass is 35.5. The van der Waals surface area contributed by atoms with E-state index in [4.69, 9.17) is 21.1 Å². The third-order valence-corrected chi connectivity index (χ3v) is 3.69. The number of benzene rings is 2. The van der Waals surface area contributed by atoms with Crippen molar-refractivity contribution >= 4 is 17.5 Å². The first-order chi connectivity index (χ1) is 10.7. The molecule has 2 aromatic carbocycles. The number of rotatable bonds is 5. The number of nitrogens with one attached hydrogen (secondary N) is 1. The lowest BCUT2D eigenvalue weighted by molar-refractivity contribution is -0.121. The third-order valence-electron chi connectivity index (χ3n) is 3.46. The molecule has 0 unspecified atom stereocenters. The quantitative estimate of drug-likeness (QED) is 0.920. The van der Waals surface area contributed by atoms with Gasteiger partial charge in [-0.1, -0.05) is 29.8 Å². The van der Waals surface area contributed by atoms with Crippen LogP contribution in [-0.4, -0.2) is 12.7 Å². The molecular weight excluding hydrogens is 302 g/mol. The fourth-order valence-electron chi connectivity index (χ4n) is 2.29. The normalized spacial score (nSPS) is 12.2. The summed E-state index contributed by atoms with van der Waals surface area (Å²) in [6.45, 7) is 0.732. The minimum absolute atomic E-state index is 0.0117. The number of ether oxygens (including phenoxy) is 2. The van der Waals surface area contributed by atoms with E-state index < -0.39 is 0 Å². The van der Waals surface area contributed by atoms with Crippen molar-refractivity contribution in [2.45, 2.75) is 19.4 Å². The Bertz CT molecular complexity index is 687. The van der Waals surface area contributed by atoms with E-state index in [1.54, 1.807) is 0 Å². The Morgan fingerprint density at radius 2 is 1.95 bits per heavy atom. The van der Waals surface area contributed by atoms with Crippen LogP contribution < -0.4 is 14.8 Å². The third kappa shape index (κ3) is 3.71. The van der Waals surface area contributed by atoms with E-state index in [2.05, 4.69) is 5.32 Å². The van der Waals surface area contributed by atoms with Gasteiger partial charge in [-0.05, 0) is 41.8 Å². The fourth-order valence-corrected chi connectivity index (χ4v) is 2.50. The van der Waals surface area contributed by atoms with E-state index in [9.17, 15) is 4.79 Å². The number of fused-ring (bicyclic) bond motifs is 1. The molecule has 1 aliphatic rings. The summed E-state index contributed by atoms with van der Waals surface area (Å²) in [7, 11) is 0. The molecule has 0 aromatic heterocycles. The molecule has 2 aromatic rings. The van der Waals surface area contributed by atoms with Gasteiger partial charge in [0.1, 0.15) is 0 Å². The Labute approximate surface area is 134 Å². The van der Waals surface area contributed by atoms with Crippen LogP contribution in [0.3, 0.4) is 0 Å². The van der Waals surface area contributed by atoms with E-state index in [1.165, 1.54) is 0 Å². The van der Waals surface area contributed by atoms with Crippen molar-refractivity contribution in [1.29, 1.82) is 0 Å². The van der Waals surface area contributed by atoms with E-state index in [1.807, 2.05) is 42.5 Å². The highest BCUT2D eigenvalue weighted by Gasteiger charge is 2.13. The minimum atomic E-state index is 0.0117. The smallest absolute Gasteiger partial charge is 0.231 e. The Morgan fingerprint density at radius 1 is 1.09 bits per heavy atom. The lowest BCUT2D eigenvalue weighted by Gasteiger charge is -2.06. The van der Waals surface area contributed by atoms with E-state index in [-0.39, 0.29) is 12.7 Å². The molecule has 1 aliphatic heterocycles. The Hall–Kier alpha value is -2.20. The molecule has 22 heavy (non-hydrogen) atoms. The van der Waals surface area contributed by atoms with Crippen molar-refractivity contribution in [2.75, 3.05) is 6.79 Å². The Morgan fingerprint density at radius 3 is 2.82 bits per heavy atom. The van der Waals surface area contributed by atoms with Crippen LogP contribution in [0.5, 0.6) is 11.5 Å². The van der Waals surface area contributed by atoms with Crippen LogP contribution in [0.15, 0.2) is 42.5 Å². The summed E-state index contributed by atoms with van der Waals surface area (Å²) in [5.74, 6) is 1.49. The largest absolute Gasteiger partial charge is 0.454 e. The van der Waals surface area contributed by atoms with Gasteiger partial charge in [0.05, 0.1) is 0 Å². The molecule has 1 N–H and O–H groups in total. The zero-order chi connectivity index (χ0) is 15.4. The molecule has 0 bridgehead atoms. The molecule has 0 saturated heterocycles. The summed E-state index contributed by atoms with van der Waals surface area (Å²) < 4.78 is 10.6.